The summed E-state index contributed by atoms with van der Waals surface area (Å²) in [4.78, 5) is 0. The normalized spacial score (nSPS) is 29.7. The van der Waals surface area contributed by atoms with Crippen molar-refractivity contribution in [3.63, 3.8) is 0 Å². The SMILES string of the molecule is OCC1CN(SI)CC(c2cnn(C3CC3)c2)O1. The Bertz CT molecular complexity index is 401. The highest BCUT2D eigenvalue weighted by molar-refractivity contribution is 14.2. The second kappa shape index (κ2) is 5.66. The summed E-state index contributed by atoms with van der Waals surface area (Å²) in [6.45, 7) is 1.69. The van der Waals surface area contributed by atoms with Gasteiger partial charge in [-0.2, -0.15) is 5.10 Å². The molecule has 1 saturated heterocycles. The van der Waals surface area contributed by atoms with E-state index in [4.69, 9.17) is 4.74 Å². The molecule has 1 aliphatic heterocycles. The molecule has 0 spiro atoms. The van der Waals surface area contributed by atoms with Crippen molar-refractivity contribution < 1.29 is 9.84 Å². The van der Waals surface area contributed by atoms with Crippen molar-refractivity contribution in [1.82, 2.24) is 14.1 Å². The maximum atomic E-state index is 9.29. The predicted molar refractivity (Wildman–Crippen MR) is 78.4 cm³/mol. The Kier molecular flexibility index (Phi) is 4.14. The predicted octanol–water partition coefficient (Wildman–Crippen LogP) is 1.95. The largest absolute Gasteiger partial charge is 0.394 e. The highest BCUT2D eigenvalue weighted by atomic mass is 127. The first-order chi connectivity index (χ1) is 8.80. The van der Waals surface area contributed by atoms with Gasteiger partial charge in [-0.25, -0.2) is 4.31 Å². The fourth-order valence-electron chi connectivity index (χ4n) is 2.20. The third-order valence-corrected chi connectivity index (χ3v) is 5.51. The maximum absolute atomic E-state index is 9.29. The fraction of sp³-hybridized carbons (Fsp3) is 0.727. The Hall–Kier alpha value is 0.170. The highest BCUT2D eigenvalue weighted by Gasteiger charge is 2.31. The Balaban J connectivity index is 1.72. The van der Waals surface area contributed by atoms with Gasteiger partial charge < -0.3 is 9.84 Å². The number of aliphatic hydroxyl groups is 1. The van der Waals surface area contributed by atoms with E-state index < -0.39 is 0 Å². The third kappa shape index (κ3) is 2.84. The van der Waals surface area contributed by atoms with E-state index in [0.717, 1.165) is 18.7 Å². The minimum Gasteiger partial charge on any atom is -0.394 e. The van der Waals surface area contributed by atoms with Crippen molar-refractivity contribution in [3.8, 4) is 0 Å². The van der Waals surface area contributed by atoms with E-state index in [1.807, 2.05) is 10.9 Å². The summed E-state index contributed by atoms with van der Waals surface area (Å²) in [5.41, 5.74) is 1.12. The summed E-state index contributed by atoms with van der Waals surface area (Å²) in [5.74, 6) is 0. The Morgan fingerprint density at radius 1 is 1.50 bits per heavy atom. The van der Waals surface area contributed by atoms with Crippen molar-refractivity contribution in [2.75, 3.05) is 19.7 Å². The molecule has 0 amide bonds. The first-order valence-corrected chi connectivity index (χ1v) is 9.45. The van der Waals surface area contributed by atoms with Crippen LogP contribution >= 0.6 is 30.3 Å². The van der Waals surface area contributed by atoms with Gasteiger partial charge in [0.15, 0.2) is 0 Å². The quantitative estimate of drug-likeness (QED) is 0.638. The number of hydrogen-bond acceptors (Lipinski definition) is 5. The molecule has 1 N–H and O–H groups in total. The minimum atomic E-state index is -0.102. The van der Waals surface area contributed by atoms with Gasteiger partial charge in [0.05, 0.1) is 31.1 Å². The number of aromatic nitrogens is 2. The van der Waals surface area contributed by atoms with Crippen molar-refractivity contribution in [1.29, 1.82) is 0 Å². The fourth-order valence-corrected chi connectivity index (χ4v) is 3.58. The monoisotopic (exact) mass is 381 g/mol. The molecular weight excluding hydrogens is 365 g/mol. The first-order valence-electron chi connectivity index (χ1n) is 6.14. The molecule has 1 aromatic heterocycles. The molecule has 1 saturated carbocycles. The molecule has 1 aliphatic carbocycles. The van der Waals surface area contributed by atoms with Crippen LogP contribution in [0.25, 0.3) is 0 Å². The van der Waals surface area contributed by atoms with Crippen LogP contribution < -0.4 is 0 Å². The van der Waals surface area contributed by atoms with Gasteiger partial charge in [0.25, 0.3) is 0 Å². The van der Waals surface area contributed by atoms with Gasteiger partial charge in [-0.3, -0.25) is 4.68 Å². The lowest BCUT2D eigenvalue weighted by Crippen LogP contribution is -2.41. The van der Waals surface area contributed by atoms with Crippen LogP contribution in [-0.4, -0.2) is 45.0 Å². The van der Waals surface area contributed by atoms with Gasteiger partial charge >= 0.3 is 0 Å². The molecule has 2 atom stereocenters. The van der Waals surface area contributed by atoms with Crippen molar-refractivity contribution in [3.05, 3.63) is 18.0 Å². The average molecular weight is 381 g/mol. The van der Waals surface area contributed by atoms with Gasteiger partial charge in [-0.1, -0.05) is 0 Å². The zero-order chi connectivity index (χ0) is 12.5. The van der Waals surface area contributed by atoms with E-state index >= 15 is 0 Å². The van der Waals surface area contributed by atoms with Crippen LogP contribution in [0.3, 0.4) is 0 Å². The molecule has 100 valence electrons. The molecule has 0 radical (unpaired) electrons. The lowest BCUT2D eigenvalue weighted by molar-refractivity contribution is -0.0827. The molecular formula is C11H16IN3O2S. The molecule has 3 rings (SSSR count). The van der Waals surface area contributed by atoms with E-state index in [1.165, 1.54) is 12.8 Å². The highest BCUT2D eigenvalue weighted by Crippen LogP contribution is 2.36. The summed E-state index contributed by atoms with van der Waals surface area (Å²) in [6, 6.07) is 0.603. The van der Waals surface area contributed by atoms with E-state index in [0.29, 0.717) is 6.04 Å². The zero-order valence-corrected chi connectivity index (χ0v) is 12.9. The van der Waals surface area contributed by atoms with Gasteiger partial charge in [0, 0.05) is 46.1 Å². The molecule has 18 heavy (non-hydrogen) atoms. The van der Waals surface area contributed by atoms with Crippen molar-refractivity contribution in [2.45, 2.75) is 31.1 Å². The van der Waals surface area contributed by atoms with Gasteiger partial charge in [0.1, 0.15) is 0 Å². The van der Waals surface area contributed by atoms with E-state index in [-0.39, 0.29) is 18.8 Å². The molecule has 2 unspecified atom stereocenters. The maximum Gasteiger partial charge on any atom is 0.0997 e. The van der Waals surface area contributed by atoms with Gasteiger partial charge in [-0.05, 0) is 22.0 Å². The average Bonchev–Trinajstić information content (AvgIpc) is 3.15. The molecule has 1 aromatic rings. The Morgan fingerprint density at radius 3 is 3.00 bits per heavy atom. The number of morpholine rings is 1. The first kappa shape index (κ1) is 13.2. The van der Waals surface area contributed by atoms with E-state index in [2.05, 4.69) is 36.8 Å². The number of ether oxygens (including phenoxy) is 1. The number of rotatable bonds is 4. The number of halogens is 1. The zero-order valence-electron chi connectivity index (χ0n) is 9.91. The Labute approximate surface area is 123 Å². The summed E-state index contributed by atoms with van der Waals surface area (Å²) in [7, 11) is 1.67. The van der Waals surface area contributed by atoms with Crippen LogP contribution in [0.1, 0.15) is 30.6 Å². The second-order valence-electron chi connectivity index (χ2n) is 4.83. The lowest BCUT2D eigenvalue weighted by Gasteiger charge is -2.35. The lowest BCUT2D eigenvalue weighted by atomic mass is 10.1. The van der Waals surface area contributed by atoms with Gasteiger partial charge in [0.2, 0.25) is 0 Å². The molecule has 0 bridgehead atoms. The number of hydrogen-bond donors (Lipinski definition) is 1. The standard InChI is InChI=1S/C11H16IN3O2S/c12-18-14-5-10(7-16)17-11(6-14)8-3-13-15(4-8)9-1-2-9/h3-4,9-11,16H,1-2,5-7H2. The third-order valence-electron chi connectivity index (χ3n) is 3.35. The summed E-state index contributed by atoms with van der Waals surface area (Å²) in [6.07, 6.45) is 6.39. The molecule has 2 heterocycles. The smallest absolute Gasteiger partial charge is 0.0997 e. The molecule has 2 aliphatic rings. The van der Waals surface area contributed by atoms with Crippen LogP contribution in [-0.2, 0) is 4.74 Å². The van der Waals surface area contributed by atoms with Crippen LogP contribution in [0.4, 0.5) is 0 Å². The molecule has 2 fully saturated rings. The number of nitrogens with zero attached hydrogens (tertiary/aromatic N) is 3. The summed E-state index contributed by atoms with van der Waals surface area (Å²) in [5, 5.41) is 13.7. The summed E-state index contributed by atoms with van der Waals surface area (Å²) < 4.78 is 10.2. The van der Waals surface area contributed by atoms with Crippen molar-refractivity contribution in [2.24, 2.45) is 0 Å². The topological polar surface area (TPSA) is 50.5 Å². The second-order valence-corrected chi connectivity index (χ2v) is 6.67. The molecule has 7 heteroatoms. The van der Waals surface area contributed by atoms with Gasteiger partial charge in [-0.15, -0.1) is 0 Å². The molecule has 5 nitrogen and oxygen atoms in total. The van der Waals surface area contributed by atoms with E-state index in [9.17, 15) is 5.11 Å². The minimum absolute atomic E-state index is 0.0191. The van der Waals surface area contributed by atoms with Crippen LogP contribution in [0.5, 0.6) is 0 Å². The summed E-state index contributed by atoms with van der Waals surface area (Å²) >= 11 is 2.27. The van der Waals surface area contributed by atoms with Crippen LogP contribution in [0.15, 0.2) is 12.4 Å². The van der Waals surface area contributed by atoms with Crippen LogP contribution in [0.2, 0.25) is 0 Å². The van der Waals surface area contributed by atoms with E-state index in [1.54, 1.807) is 9.12 Å². The Morgan fingerprint density at radius 2 is 2.33 bits per heavy atom. The van der Waals surface area contributed by atoms with Crippen molar-refractivity contribution >= 4 is 30.3 Å². The van der Waals surface area contributed by atoms with Crippen LogP contribution in [0, 0.1) is 0 Å². The molecule has 0 aromatic carbocycles. The number of aliphatic hydroxyl groups excluding tert-OH is 1.